The summed E-state index contributed by atoms with van der Waals surface area (Å²) in [6.07, 6.45) is 1.43. The summed E-state index contributed by atoms with van der Waals surface area (Å²) in [5.41, 5.74) is 8.47. The van der Waals surface area contributed by atoms with Gasteiger partial charge in [0, 0.05) is 6.42 Å². The lowest BCUT2D eigenvalue weighted by Gasteiger charge is -2.18. The largest absolute Gasteiger partial charge is 0.496 e. The highest BCUT2D eigenvalue weighted by Gasteiger charge is 2.28. The fourth-order valence-electron chi connectivity index (χ4n) is 4.43. The van der Waals surface area contributed by atoms with E-state index in [0.717, 1.165) is 15.7 Å². The quantitative estimate of drug-likeness (QED) is 0.272. The van der Waals surface area contributed by atoms with Crippen molar-refractivity contribution in [3.63, 3.8) is 0 Å². The molecule has 10 heteroatoms. The lowest BCUT2D eigenvalue weighted by Crippen LogP contribution is -2.45. The smallest absolute Gasteiger partial charge is 0.277 e. The zero-order chi connectivity index (χ0) is 28.2. The van der Waals surface area contributed by atoms with Crippen LogP contribution in [-0.4, -0.2) is 39.4 Å². The highest BCUT2D eigenvalue weighted by Crippen LogP contribution is 2.27. The van der Waals surface area contributed by atoms with Gasteiger partial charge in [-0.3, -0.25) is 19.0 Å². The molecule has 0 aliphatic heterocycles. The first-order valence-corrected chi connectivity index (χ1v) is 12.6. The molecule has 5 rings (SSSR count). The highest BCUT2D eigenvalue weighted by molar-refractivity contribution is 6.00. The van der Waals surface area contributed by atoms with E-state index in [0.29, 0.717) is 22.4 Å². The Kier molecular flexibility index (Phi) is 7.41. The van der Waals surface area contributed by atoms with Crippen LogP contribution in [0.4, 0.5) is 5.69 Å². The molecule has 1 unspecified atom stereocenters. The average Bonchev–Trinajstić information content (AvgIpc) is 3.39. The number of anilines is 1. The van der Waals surface area contributed by atoms with Crippen molar-refractivity contribution in [3.8, 4) is 17.1 Å². The van der Waals surface area contributed by atoms with Gasteiger partial charge in [-0.25, -0.2) is 9.97 Å². The van der Waals surface area contributed by atoms with E-state index in [1.807, 2.05) is 49.4 Å². The monoisotopic (exact) mass is 537 g/mol. The van der Waals surface area contributed by atoms with Crippen LogP contribution in [0.1, 0.15) is 21.8 Å². The Morgan fingerprint density at radius 2 is 1.82 bits per heavy atom. The molecule has 202 valence electrons. The average molecular weight is 538 g/mol. The van der Waals surface area contributed by atoms with Gasteiger partial charge in [-0.2, -0.15) is 0 Å². The number of carbonyl (C=O) groups excluding carboxylic acids is 2. The second kappa shape index (κ2) is 11.2. The van der Waals surface area contributed by atoms with Gasteiger partial charge in [0.1, 0.15) is 35.4 Å². The van der Waals surface area contributed by atoms with Crippen LogP contribution in [0.3, 0.4) is 0 Å². The summed E-state index contributed by atoms with van der Waals surface area (Å²) in [6, 6.07) is 20.7. The van der Waals surface area contributed by atoms with E-state index < -0.39 is 29.8 Å². The van der Waals surface area contributed by atoms with Crippen LogP contribution < -0.4 is 21.3 Å². The molecule has 0 aliphatic carbocycles. The third-order valence-corrected chi connectivity index (χ3v) is 6.41. The predicted octanol–water partition coefficient (Wildman–Crippen LogP) is 3.56. The second-order valence-electron chi connectivity index (χ2n) is 9.29. The van der Waals surface area contributed by atoms with Gasteiger partial charge in [-0.15, -0.1) is 0 Å². The number of hydrogen-bond donors (Lipinski definition) is 2. The first-order chi connectivity index (χ1) is 19.3. The Morgan fingerprint density at radius 1 is 1.07 bits per heavy atom. The van der Waals surface area contributed by atoms with E-state index in [4.69, 9.17) is 14.9 Å². The molecule has 3 N–H and O–H groups in total. The minimum atomic E-state index is -1.01. The van der Waals surface area contributed by atoms with Gasteiger partial charge in [0.2, 0.25) is 11.7 Å². The molecule has 10 nitrogen and oxygen atoms in total. The number of nitrogens with two attached hydrogens (primary N) is 1. The number of oxazole rings is 1. The summed E-state index contributed by atoms with van der Waals surface area (Å²) >= 11 is 0. The van der Waals surface area contributed by atoms with E-state index in [9.17, 15) is 14.4 Å². The van der Waals surface area contributed by atoms with Crippen LogP contribution in [0.5, 0.6) is 5.75 Å². The van der Waals surface area contributed by atoms with Crippen molar-refractivity contribution in [2.45, 2.75) is 25.9 Å². The number of aromatic nitrogens is 3. The Balaban J connectivity index is 1.47. The van der Waals surface area contributed by atoms with Crippen LogP contribution in [0, 0.1) is 6.92 Å². The molecular weight excluding hydrogens is 510 g/mol. The van der Waals surface area contributed by atoms with Crippen molar-refractivity contribution in [3.05, 3.63) is 106 Å². The van der Waals surface area contributed by atoms with Crippen molar-refractivity contribution < 1.29 is 18.7 Å². The van der Waals surface area contributed by atoms with Gasteiger partial charge in [-0.05, 0) is 42.3 Å². The number of ketones is 1. The predicted molar refractivity (Wildman–Crippen MR) is 150 cm³/mol. The molecule has 5 aromatic rings. The van der Waals surface area contributed by atoms with E-state index >= 15 is 0 Å². The van der Waals surface area contributed by atoms with Crippen molar-refractivity contribution >= 4 is 28.5 Å². The maximum atomic E-state index is 13.6. The lowest BCUT2D eigenvalue weighted by atomic mass is 10.0. The molecule has 0 saturated heterocycles. The molecule has 3 aromatic carbocycles. The number of amides is 1. The highest BCUT2D eigenvalue weighted by atomic mass is 16.5. The number of carbonyl (C=O) groups is 2. The van der Waals surface area contributed by atoms with E-state index in [1.54, 1.807) is 30.3 Å². The first kappa shape index (κ1) is 26.4. The maximum Gasteiger partial charge on any atom is 0.277 e. The summed E-state index contributed by atoms with van der Waals surface area (Å²) in [5, 5.41) is 2.77. The lowest BCUT2D eigenvalue weighted by molar-refractivity contribution is -0.122. The van der Waals surface area contributed by atoms with Crippen LogP contribution in [0.15, 0.2) is 88.2 Å². The molecular formula is C30H27N5O5. The number of fused-ring (bicyclic) bond motifs is 1. The van der Waals surface area contributed by atoms with Gasteiger partial charge >= 0.3 is 0 Å². The second-order valence-corrected chi connectivity index (χ2v) is 9.29. The molecule has 0 fully saturated rings. The number of aryl methyl sites for hydroxylation is 1. The molecule has 1 amide bonds. The summed E-state index contributed by atoms with van der Waals surface area (Å²) in [7, 11) is 1.50. The number of ether oxygens (including phenoxy) is 1. The number of rotatable bonds is 9. The van der Waals surface area contributed by atoms with Gasteiger partial charge in [0.25, 0.3) is 11.4 Å². The van der Waals surface area contributed by atoms with E-state index in [-0.39, 0.29) is 23.8 Å². The Bertz CT molecular complexity index is 1760. The van der Waals surface area contributed by atoms with Crippen molar-refractivity contribution in [1.29, 1.82) is 0 Å². The number of Topliss-reactive ketones (excluding diaryl/α,β-unsaturated/α-hetero) is 1. The first-order valence-electron chi connectivity index (χ1n) is 12.6. The normalized spacial score (nSPS) is 11.8. The standard InChI is InChI=1S/C30H27N5O5/c1-18-12-13-25-22(14-18)34-29(40-25)27(37)23(15-19-8-4-3-5-9-19)33-26(36)17-35-28(32-16-21(31)30(35)38)20-10-6-7-11-24(20)39-2/h3-14,16,23H,15,17,31H2,1-2H3,(H,33,36). The van der Waals surface area contributed by atoms with Crippen LogP contribution in [0.25, 0.3) is 22.5 Å². The SMILES string of the molecule is COc1ccccc1-c1ncc(N)c(=O)n1CC(=O)NC(Cc1ccccc1)C(=O)c1nc2cc(C)ccc2o1. The minimum Gasteiger partial charge on any atom is -0.496 e. The molecule has 0 saturated carbocycles. The molecule has 0 aliphatic rings. The number of methoxy groups -OCH3 is 1. The maximum absolute atomic E-state index is 13.6. The zero-order valence-corrected chi connectivity index (χ0v) is 22.0. The number of para-hydroxylation sites is 1. The van der Waals surface area contributed by atoms with Crippen LogP contribution in [0.2, 0.25) is 0 Å². The zero-order valence-electron chi connectivity index (χ0n) is 22.0. The van der Waals surface area contributed by atoms with Crippen LogP contribution in [-0.2, 0) is 17.8 Å². The summed E-state index contributed by atoms with van der Waals surface area (Å²) in [5.74, 6) is -0.524. The molecule has 2 aromatic heterocycles. The van der Waals surface area contributed by atoms with Crippen LogP contribution >= 0.6 is 0 Å². The van der Waals surface area contributed by atoms with Gasteiger partial charge < -0.3 is 20.2 Å². The van der Waals surface area contributed by atoms with Crippen molar-refractivity contribution in [2.24, 2.45) is 0 Å². The van der Waals surface area contributed by atoms with Crippen molar-refractivity contribution in [2.75, 3.05) is 12.8 Å². The summed E-state index contributed by atoms with van der Waals surface area (Å²) in [4.78, 5) is 48.7. The molecule has 2 heterocycles. The number of benzene rings is 3. The summed E-state index contributed by atoms with van der Waals surface area (Å²) in [6.45, 7) is 1.48. The fraction of sp³-hybridized carbons (Fsp3) is 0.167. The molecule has 1 atom stereocenters. The number of nitrogen functional groups attached to an aromatic ring is 1. The van der Waals surface area contributed by atoms with Gasteiger partial charge in [0.15, 0.2) is 5.58 Å². The third-order valence-electron chi connectivity index (χ3n) is 6.41. The minimum absolute atomic E-state index is 0.112. The van der Waals surface area contributed by atoms with Gasteiger partial charge in [-0.1, -0.05) is 48.5 Å². The Morgan fingerprint density at radius 3 is 2.60 bits per heavy atom. The molecule has 0 radical (unpaired) electrons. The Labute approximate surface area is 229 Å². The fourth-order valence-corrected chi connectivity index (χ4v) is 4.43. The summed E-state index contributed by atoms with van der Waals surface area (Å²) < 4.78 is 12.3. The van der Waals surface area contributed by atoms with E-state index in [1.165, 1.54) is 13.3 Å². The van der Waals surface area contributed by atoms with Crippen molar-refractivity contribution in [1.82, 2.24) is 19.9 Å². The topological polar surface area (TPSA) is 142 Å². The Hall–Kier alpha value is -5.25. The number of hydrogen-bond acceptors (Lipinski definition) is 8. The molecule has 40 heavy (non-hydrogen) atoms. The number of nitrogens with one attached hydrogen (secondary N) is 1. The van der Waals surface area contributed by atoms with Gasteiger partial charge in [0.05, 0.1) is 18.9 Å². The molecule has 0 spiro atoms. The van der Waals surface area contributed by atoms with E-state index in [2.05, 4.69) is 15.3 Å². The third kappa shape index (κ3) is 5.46. The number of nitrogens with zero attached hydrogens (tertiary/aromatic N) is 3. The molecule has 0 bridgehead atoms.